The predicted octanol–water partition coefficient (Wildman–Crippen LogP) is 2.20. The molecule has 0 unspecified atom stereocenters. The van der Waals surface area contributed by atoms with Crippen LogP contribution in [-0.4, -0.2) is 44.1 Å². The maximum Gasteiger partial charge on any atom is 0.235 e. The summed E-state index contributed by atoms with van der Waals surface area (Å²) in [6, 6.07) is 0.0906. The minimum absolute atomic E-state index is 0.0583. The molecule has 3 aliphatic rings. The Balaban J connectivity index is 1.57. The normalized spacial score (nSPS) is 30.5. The van der Waals surface area contributed by atoms with Gasteiger partial charge >= 0.3 is 0 Å². The van der Waals surface area contributed by atoms with Gasteiger partial charge in [-0.3, -0.25) is 4.79 Å². The third-order valence-corrected chi connectivity index (χ3v) is 8.32. The molecule has 0 aromatic carbocycles. The highest BCUT2D eigenvalue weighted by atomic mass is 32.2. The lowest BCUT2D eigenvalue weighted by molar-refractivity contribution is -0.142. The summed E-state index contributed by atoms with van der Waals surface area (Å²) in [5, 5.41) is 2.72. The first-order chi connectivity index (χ1) is 11.0. The van der Waals surface area contributed by atoms with Crippen LogP contribution in [0.1, 0.15) is 64.7 Å². The molecule has 3 saturated carbocycles. The van der Waals surface area contributed by atoms with E-state index < -0.39 is 9.84 Å². The molecular weight excluding hydrogens is 314 g/mol. The zero-order valence-corrected chi connectivity index (χ0v) is 14.9. The first-order valence-corrected chi connectivity index (χ1v) is 10.8. The van der Waals surface area contributed by atoms with Crippen LogP contribution < -0.4 is 5.32 Å². The van der Waals surface area contributed by atoms with Crippen LogP contribution in [-0.2, 0) is 19.4 Å². The van der Waals surface area contributed by atoms with Gasteiger partial charge in [0.1, 0.15) is 5.75 Å². The number of sulfone groups is 1. The summed E-state index contributed by atoms with van der Waals surface area (Å²) in [6.45, 7) is 2.70. The molecule has 5 nitrogen and oxygen atoms in total. The summed E-state index contributed by atoms with van der Waals surface area (Å²) in [5.74, 6) is -0.660. The first-order valence-electron chi connectivity index (χ1n) is 9.10. The van der Waals surface area contributed by atoms with Crippen LogP contribution in [0.4, 0.5) is 0 Å². The average molecular weight is 343 g/mol. The Morgan fingerprint density at radius 3 is 2.43 bits per heavy atom. The zero-order valence-electron chi connectivity index (χ0n) is 14.1. The van der Waals surface area contributed by atoms with Crippen molar-refractivity contribution in [1.82, 2.24) is 5.32 Å². The lowest BCUT2D eigenvalue weighted by Crippen LogP contribution is -2.64. The Kier molecular flexibility index (Phi) is 5.02. The molecule has 3 aliphatic carbocycles. The van der Waals surface area contributed by atoms with Gasteiger partial charge in [0.05, 0.1) is 11.4 Å². The Morgan fingerprint density at radius 1 is 1.17 bits per heavy atom. The van der Waals surface area contributed by atoms with Gasteiger partial charge in [-0.25, -0.2) is 8.42 Å². The number of hydrogen-bond donors (Lipinski definition) is 1. The van der Waals surface area contributed by atoms with Crippen molar-refractivity contribution in [2.75, 3.05) is 12.4 Å². The smallest absolute Gasteiger partial charge is 0.235 e. The van der Waals surface area contributed by atoms with Crippen LogP contribution in [0.5, 0.6) is 0 Å². The third-order valence-electron chi connectivity index (χ3n) is 6.16. The van der Waals surface area contributed by atoms with E-state index in [0.717, 1.165) is 44.9 Å². The van der Waals surface area contributed by atoms with Gasteiger partial charge in [-0.2, -0.15) is 0 Å². The van der Waals surface area contributed by atoms with Gasteiger partial charge in [0.15, 0.2) is 9.84 Å². The van der Waals surface area contributed by atoms with Crippen LogP contribution in [0.15, 0.2) is 0 Å². The fourth-order valence-corrected chi connectivity index (χ4v) is 6.61. The quantitative estimate of drug-likeness (QED) is 0.802. The number of amides is 1. The van der Waals surface area contributed by atoms with E-state index in [-0.39, 0.29) is 34.5 Å². The molecule has 0 aromatic rings. The lowest BCUT2D eigenvalue weighted by atomic mass is 9.60. The molecule has 1 spiro atoms. The number of ether oxygens (including phenoxy) is 1. The van der Waals surface area contributed by atoms with Gasteiger partial charge in [-0.15, -0.1) is 0 Å². The Hall–Kier alpha value is -0.620. The Morgan fingerprint density at radius 2 is 1.83 bits per heavy atom. The molecule has 2 atom stereocenters. The molecule has 3 rings (SSSR count). The van der Waals surface area contributed by atoms with Crippen molar-refractivity contribution in [2.24, 2.45) is 5.41 Å². The highest BCUT2D eigenvalue weighted by Gasteiger charge is 2.57. The molecular formula is C17H29NO4S. The van der Waals surface area contributed by atoms with Crippen molar-refractivity contribution < 1.29 is 17.9 Å². The van der Waals surface area contributed by atoms with Gasteiger partial charge in [0.25, 0.3) is 0 Å². The van der Waals surface area contributed by atoms with Crippen molar-refractivity contribution in [3.05, 3.63) is 0 Å². The van der Waals surface area contributed by atoms with Crippen molar-refractivity contribution in [1.29, 1.82) is 0 Å². The number of carbonyl (C=O) groups is 1. The second-order valence-electron chi connectivity index (χ2n) is 7.45. The molecule has 0 heterocycles. The van der Waals surface area contributed by atoms with Crippen LogP contribution in [0.3, 0.4) is 0 Å². The fraction of sp³-hybridized carbons (Fsp3) is 0.941. The van der Waals surface area contributed by atoms with Gasteiger partial charge in [-0.1, -0.05) is 25.7 Å². The molecule has 0 bridgehead atoms. The standard InChI is InChI=1S/C17H29NO4S/c1-2-22-15-11-14(17(15)9-5-6-10-17)18-16(19)12-23(20,21)13-7-3-4-8-13/h13-15H,2-12H2,1H3,(H,18,19)/t14-,15-/m1/s1. The largest absolute Gasteiger partial charge is 0.378 e. The molecule has 0 radical (unpaired) electrons. The third kappa shape index (κ3) is 3.29. The monoisotopic (exact) mass is 343 g/mol. The lowest BCUT2D eigenvalue weighted by Gasteiger charge is -2.54. The number of rotatable bonds is 6. The summed E-state index contributed by atoms with van der Waals surface area (Å²) in [4.78, 5) is 12.3. The average Bonchev–Trinajstić information content (AvgIpc) is 3.18. The van der Waals surface area contributed by atoms with Crippen LogP contribution in [0.2, 0.25) is 0 Å². The van der Waals surface area contributed by atoms with Crippen molar-refractivity contribution in [3.63, 3.8) is 0 Å². The van der Waals surface area contributed by atoms with E-state index in [1.165, 1.54) is 12.8 Å². The minimum atomic E-state index is -3.29. The molecule has 0 aliphatic heterocycles. The van der Waals surface area contributed by atoms with Gasteiger partial charge in [0.2, 0.25) is 5.91 Å². The van der Waals surface area contributed by atoms with Crippen LogP contribution in [0, 0.1) is 5.41 Å². The molecule has 23 heavy (non-hydrogen) atoms. The molecule has 3 fully saturated rings. The highest BCUT2D eigenvalue weighted by molar-refractivity contribution is 7.92. The van der Waals surface area contributed by atoms with E-state index in [1.807, 2.05) is 6.92 Å². The second kappa shape index (κ2) is 6.71. The van der Waals surface area contributed by atoms with Gasteiger partial charge in [-0.05, 0) is 39.0 Å². The molecule has 132 valence electrons. The molecule has 1 N–H and O–H groups in total. The van der Waals surface area contributed by atoms with E-state index >= 15 is 0 Å². The first kappa shape index (κ1) is 17.2. The number of hydrogen-bond acceptors (Lipinski definition) is 4. The minimum Gasteiger partial charge on any atom is -0.378 e. The van der Waals surface area contributed by atoms with Crippen molar-refractivity contribution in [2.45, 2.75) is 82.1 Å². The summed E-state index contributed by atoms with van der Waals surface area (Å²) >= 11 is 0. The van der Waals surface area contributed by atoms with Crippen molar-refractivity contribution in [3.8, 4) is 0 Å². The van der Waals surface area contributed by atoms with Crippen LogP contribution >= 0.6 is 0 Å². The van der Waals surface area contributed by atoms with Crippen LogP contribution in [0.25, 0.3) is 0 Å². The maximum absolute atomic E-state index is 12.3. The highest BCUT2D eigenvalue weighted by Crippen LogP contribution is 2.54. The Labute approximate surface area is 139 Å². The summed E-state index contributed by atoms with van der Waals surface area (Å²) in [5.41, 5.74) is 0.0583. The summed E-state index contributed by atoms with van der Waals surface area (Å²) in [7, 11) is -3.29. The van der Waals surface area contributed by atoms with E-state index in [9.17, 15) is 13.2 Å². The molecule has 0 aromatic heterocycles. The van der Waals surface area contributed by atoms with E-state index in [2.05, 4.69) is 5.32 Å². The van der Waals surface area contributed by atoms with E-state index in [4.69, 9.17) is 4.74 Å². The molecule has 0 saturated heterocycles. The topological polar surface area (TPSA) is 72.5 Å². The van der Waals surface area contributed by atoms with E-state index in [0.29, 0.717) is 6.61 Å². The zero-order chi connectivity index (χ0) is 16.5. The molecule has 1 amide bonds. The second-order valence-corrected chi connectivity index (χ2v) is 9.73. The maximum atomic E-state index is 12.3. The van der Waals surface area contributed by atoms with E-state index in [1.54, 1.807) is 0 Å². The van der Waals surface area contributed by atoms with Gasteiger partial charge in [0, 0.05) is 18.1 Å². The predicted molar refractivity (Wildman–Crippen MR) is 88.9 cm³/mol. The van der Waals surface area contributed by atoms with Gasteiger partial charge < -0.3 is 10.1 Å². The van der Waals surface area contributed by atoms with Crippen molar-refractivity contribution >= 4 is 15.7 Å². The summed E-state index contributed by atoms with van der Waals surface area (Å²) in [6.07, 6.45) is 8.93. The molecule has 6 heteroatoms. The Bertz CT molecular complexity index is 533. The summed E-state index contributed by atoms with van der Waals surface area (Å²) < 4.78 is 30.5. The number of carbonyl (C=O) groups excluding carboxylic acids is 1. The SMILES string of the molecule is CCO[C@@H]1C[C@@H](NC(=O)CS(=O)(=O)C2CCCC2)C12CCCC2. The number of nitrogens with one attached hydrogen (secondary N) is 1. The fourth-order valence-electron chi connectivity index (χ4n) is 4.87.